The monoisotopic (exact) mass is 263 g/mol. The van der Waals surface area contributed by atoms with Crippen LogP contribution in [0, 0.1) is 0 Å². The predicted octanol–water partition coefficient (Wildman–Crippen LogP) is 2.46. The minimum absolute atomic E-state index is 0.335. The quantitative estimate of drug-likeness (QED) is 0.906. The summed E-state index contributed by atoms with van der Waals surface area (Å²) in [5.74, 6) is 1.76. The molecule has 1 aromatic carbocycles. The highest BCUT2D eigenvalue weighted by atomic mass is 16.7. The maximum Gasteiger partial charge on any atom is 0.231 e. The molecule has 1 heterocycles. The van der Waals surface area contributed by atoms with E-state index in [1.807, 2.05) is 19.2 Å². The third-order valence-corrected chi connectivity index (χ3v) is 4.02. The number of para-hydroxylation sites is 1. The average Bonchev–Trinajstić information content (AvgIpc) is 2.94. The van der Waals surface area contributed by atoms with Gasteiger partial charge in [-0.05, 0) is 31.7 Å². The van der Waals surface area contributed by atoms with Crippen LogP contribution in [0.4, 0.5) is 0 Å². The zero-order valence-electron chi connectivity index (χ0n) is 11.4. The molecule has 3 rings (SSSR count). The highest BCUT2D eigenvalue weighted by Crippen LogP contribution is 2.35. The molecule has 2 aliphatic rings. The van der Waals surface area contributed by atoms with E-state index in [9.17, 15) is 0 Å². The molecular weight excluding hydrogens is 242 g/mol. The molecule has 2 atom stereocenters. The fourth-order valence-corrected chi connectivity index (χ4v) is 2.93. The fraction of sp³-hybridized carbons (Fsp3) is 0.600. The van der Waals surface area contributed by atoms with Crippen LogP contribution in [0.1, 0.15) is 31.2 Å². The van der Waals surface area contributed by atoms with Crippen LogP contribution in [-0.4, -0.2) is 26.0 Å². The van der Waals surface area contributed by atoms with Gasteiger partial charge in [0.1, 0.15) is 0 Å². The molecule has 4 nitrogen and oxygen atoms in total. The molecule has 1 N–H and O–H groups in total. The SMILES string of the molecule is COC1CCCC(NCc2cccc3c2OCO3)C1. The second kappa shape index (κ2) is 5.80. The molecule has 104 valence electrons. The smallest absolute Gasteiger partial charge is 0.231 e. The molecule has 0 radical (unpaired) electrons. The van der Waals surface area contributed by atoms with Crippen molar-refractivity contribution in [2.45, 2.75) is 44.4 Å². The molecule has 1 aliphatic heterocycles. The van der Waals surface area contributed by atoms with E-state index in [2.05, 4.69) is 11.4 Å². The Balaban J connectivity index is 1.59. The molecule has 1 saturated carbocycles. The van der Waals surface area contributed by atoms with Crippen LogP contribution in [-0.2, 0) is 11.3 Å². The van der Waals surface area contributed by atoms with Gasteiger partial charge in [-0.2, -0.15) is 0 Å². The summed E-state index contributed by atoms with van der Waals surface area (Å²) in [6.45, 7) is 1.16. The molecule has 1 aromatic rings. The van der Waals surface area contributed by atoms with E-state index in [4.69, 9.17) is 14.2 Å². The minimum atomic E-state index is 0.335. The van der Waals surface area contributed by atoms with E-state index in [1.54, 1.807) is 0 Å². The molecular formula is C15H21NO3. The highest BCUT2D eigenvalue weighted by molar-refractivity contribution is 5.48. The zero-order valence-corrected chi connectivity index (χ0v) is 11.4. The van der Waals surface area contributed by atoms with Gasteiger partial charge < -0.3 is 19.5 Å². The number of hydrogen-bond acceptors (Lipinski definition) is 4. The summed E-state index contributed by atoms with van der Waals surface area (Å²) in [4.78, 5) is 0. The van der Waals surface area contributed by atoms with E-state index in [1.165, 1.54) is 24.8 Å². The van der Waals surface area contributed by atoms with Crippen molar-refractivity contribution in [3.8, 4) is 11.5 Å². The van der Waals surface area contributed by atoms with Gasteiger partial charge >= 0.3 is 0 Å². The largest absolute Gasteiger partial charge is 0.454 e. The third-order valence-electron chi connectivity index (χ3n) is 4.02. The second-order valence-electron chi connectivity index (χ2n) is 5.25. The van der Waals surface area contributed by atoms with Gasteiger partial charge in [0.05, 0.1) is 6.10 Å². The van der Waals surface area contributed by atoms with Gasteiger partial charge in [0, 0.05) is 25.3 Å². The van der Waals surface area contributed by atoms with Crippen molar-refractivity contribution in [1.29, 1.82) is 0 Å². The van der Waals surface area contributed by atoms with Crippen molar-refractivity contribution in [2.75, 3.05) is 13.9 Å². The van der Waals surface area contributed by atoms with Crippen LogP contribution in [0.5, 0.6) is 11.5 Å². The molecule has 0 amide bonds. The van der Waals surface area contributed by atoms with Gasteiger partial charge in [-0.25, -0.2) is 0 Å². The Kier molecular flexibility index (Phi) is 3.89. The van der Waals surface area contributed by atoms with E-state index in [0.29, 0.717) is 18.9 Å². The molecule has 0 aromatic heterocycles. The van der Waals surface area contributed by atoms with E-state index < -0.39 is 0 Å². The van der Waals surface area contributed by atoms with Crippen molar-refractivity contribution in [3.63, 3.8) is 0 Å². The summed E-state index contributed by atoms with van der Waals surface area (Å²) in [6.07, 6.45) is 5.16. The summed E-state index contributed by atoms with van der Waals surface area (Å²) < 4.78 is 16.4. The van der Waals surface area contributed by atoms with Crippen LogP contribution in [0.3, 0.4) is 0 Å². The summed E-state index contributed by atoms with van der Waals surface area (Å²) in [6, 6.07) is 6.60. The van der Waals surface area contributed by atoms with E-state index in [0.717, 1.165) is 24.5 Å². The Morgan fingerprint density at radius 2 is 2.26 bits per heavy atom. The van der Waals surface area contributed by atoms with Gasteiger partial charge in [0.25, 0.3) is 0 Å². The van der Waals surface area contributed by atoms with Crippen LogP contribution in [0.25, 0.3) is 0 Å². The van der Waals surface area contributed by atoms with Gasteiger partial charge in [0.15, 0.2) is 11.5 Å². The Hall–Kier alpha value is -1.26. The van der Waals surface area contributed by atoms with E-state index >= 15 is 0 Å². The van der Waals surface area contributed by atoms with Gasteiger partial charge in [0.2, 0.25) is 6.79 Å². The number of benzene rings is 1. The minimum Gasteiger partial charge on any atom is -0.454 e. The predicted molar refractivity (Wildman–Crippen MR) is 72.5 cm³/mol. The lowest BCUT2D eigenvalue weighted by Crippen LogP contribution is -2.36. The summed E-state index contributed by atoms with van der Waals surface area (Å²) in [5, 5.41) is 3.62. The number of fused-ring (bicyclic) bond motifs is 1. The Bertz CT molecular complexity index is 435. The number of methoxy groups -OCH3 is 1. The molecule has 2 unspecified atom stereocenters. The average molecular weight is 263 g/mol. The molecule has 0 bridgehead atoms. The standard InChI is InChI=1S/C15H21NO3/c1-17-13-6-3-5-12(8-13)16-9-11-4-2-7-14-15(11)19-10-18-14/h2,4,7,12-13,16H,3,5-6,8-10H2,1H3. The molecule has 1 fully saturated rings. The topological polar surface area (TPSA) is 39.7 Å². The molecule has 1 aliphatic carbocycles. The first kappa shape index (κ1) is 12.8. The second-order valence-corrected chi connectivity index (χ2v) is 5.25. The van der Waals surface area contributed by atoms with E-state index in [-0.39, 0.29) is 0 Å². The molecule has 4 heteroatoms. The first-order valence-corrected chi connectivity index (χ1v) is 7.00. The van der Waals surface area contributed by atoms with Crippen molar-refractivity contribution < 1.29 is 14.2 Å². The third kappa shape index (κ3) is 2.85. The number of ether oxygens (including phenoxy) is 3. The van der Waals surface area contributed by atoms with Crippen molar-refractivity contribution in [3.05, 3.63) is 23.8 Å². The maximum absolute atomic E-state index is 5.52. The van der Waals surface area contributed by atoms with Gasteiger partial charge in [-0.3, -0.25) is 0 Å². The van der Waals surface area contributed by atoms with Crippen molar-refractivity contribution in [2.24, 2.45) is 0 Å². The van der Waals surface area contributed by atoms with Crippen molar-refractivity contribution >= 4 is 0 Å². The van der Waals surface area contributed by atoms with Crippen LogP contribution < -0.4 is 14.8 Å². The van der Waals surface area contributed by atoms with Crippen LogP contribution in [0.2, 0.25) is 0 Å². The Morgan fingerprint density at radius 3 is 3.16 bits per heavy atom. The number of nitrogens with one attached hydrogen (secondary N) is 1. The molecule has 0 spiro atoms. The Labute approximate surface area is 114 Å². The lowest BCUT2D eigenvalue weighted by molar-refractivity contribution is 0.0586. The normalized spacial score (nSPS) is 25.5. The number of hydrogen-bond donors (Lipinski definition) is 1. The van der Waals surface area contributed by atoms with Crippen LogP contribution in [0.15, 0.2) is 18.2 Å². The first-order valence-electron chi connectivity index (χ1n) is 7.00. The first-order chi connectivity index (χ1) is 9.36. The maximum atomic E-state index is 5.52. The lowest BCUT2D eigenvalue weighted by Gasteiger charge is -2.29. The fourth-order valence-electron chi connectivity index (χ4n) is 2.93. The van der Waals surface area contributed by atoms with Gasteiger partial charge in [-0.15, -0.1) is 0 Å². The molecule has 0 saturated heterocycles. The summed E-state index contributed by atoms with van der Waals surface area (Å²) in [5.41, 5.74) is 1.18. The molecule has 19 heavy (non-hydrogen) atoms. The van der Waals surface area contributed by atoms with Crippen molar-refractivity contribution in [1.82, 2.24) is 5.32 Å². The highest BCUT2D eigenvalue weighted by Gasteiger charge is 2.22. The number of rotatable bonds is 4. The van der Waals surface area contributed by atoms with Gasteiger partial charge in [-0.1, -0.05) is 12.1 Å². The summed E-state index contributed by atoms with van der Waals surface area (Å²) >= 11 is 0. The van der Waals surface area contributed by atoms with Crippen LogP contribution >= 0.6 is 0 Å². The Morgan fingerprint density at radius 1 is 1.32 bits per heavy atom. The lowest BCUT2D eigenvalue weighted by atomic mass is 9.92. The summed E-state index contributed by atoms with van der Waals surface area (Å²) in [7, 11) is 1.81. The zero-order chi connectivity index (χ0) is 13.1.